The average Bonchev–Trinajstić information content (AvgIpc) is 2.97. The van der Waals surface area contributed by atoms with Crippen molar-refractivity contribution in [3.8, 4) is 5.69 Å². The number of carbonyl (C=O) groups is 2. The first-order valence-corrected chi connectivity index (χ1v) is 9.62. The van der Waals surface area contributed by atoms with Gasteiger partial charge in [0.25, 0.3) is 5.91 Å². The van der Waals surface area contributed by atoms with E-state index >= 15 is 0 Å². The first-order chi connectivity index (χ1) is 13.0. The molecule has 0 saturated heterocycles. The van der Waals surface area contributed by atoms with Crippen LogP contribution >= 0.6 is 11.6 Å². The van der Waals surface area contributed by atoms with Crippen LogP contribution in [0.1, 0.15) is 48.7 Å². The van der Waals surface area contributed by atoms with Gasteiger partial charge in [-0.2, -0.15) is 5.10 Å². The van der Waals surface area contributed by atoms with Crippen LogP contribution in [0.5, 0.6) is 0 Å². The van der Waals surface area contributed by atoms with Crippen molar-refractivity contribution in [3.05, 3.63) is 46.7 Å². The molecule has 1 aromatic carbocycles. The van der Waals surface area contributed by atoms with Gasteiger partial charge in [-0.25, -0.2) is 9.48 Å². The van der Waals surface area contributed by atoms with Crippen molar-refractivity contribution in [2.75, 3.05) is 6.61 Å². The second kappa shape index (κ2) is 8.57. The highest BCUT2D eigenvalue weighted by Gasteiger charge is 2.25. The number of hydrogen-bond acceptors (Lipinski definition) is 4. The molecule has 2 aromatic rings. The molecule has 2 atom stereocenters. The Balaban J connectivity index is 1.63. The van der Waals surface area contributed by atoms with E-state index in [4.69, 9.17) is 16.3 Å². The number of esters is 1. The average molecular weight is 390 g/mol. The van der Waals surface area contributed by atoms with Gasteiger partial charge in [-0.3, -0.25) is 4.79 Å². The lowest BCUT2D eigenvalue weighted by Crippen LogP contribution is -2.42. The minimum Gasteiger partial charge on any atom is -0.452 e. The number of nitrogens with zero attached hydrogens (tertiary/aromatic N) is 2. The summed E-state index contributed by atoms with van der Waals surface area (Å²) in [7, 11) is 0. The molecule has 27 heavy (non-hydrogen) atoms. The number of carbonyl (C=O) groups excluding carboxylic acids is 2. The van der Waals surface area contributed by atoms with E-state index in [9.17, 15) is 9.59 Å². The standard InChI is InChI=1S/C20H24ClN3O3/c1-13-8-6-7-11-16(13)22-17(25)12-27-20(26)18-14(2)23-24(19(18)21)15-9-4-3-5-10-15/h3-5,9-10,13,16H,6-8,11-12H2,1-2H3,(H,22,25)/t13-,16-/m1/s1. The maximum Gasteiger partial charge on any atom is 0.343 e. The van der Waals surface area contributed by atoms with Crippen LogP contribution < -0.4 is 5.32 Å². The van der Waals surface area contributed by atoms with Crippen LogP contribution in [-0.4, -0.2) is 34.3 Å². The minimum absolute atomic E-state index is 0.149. The van der Waals surface area contributed by atoms with Gasteiger partial charge in [0, 0.05) is 6.04 Å². The SMILES string of the molecule is Cc1nn(-c2ccccc2)c(Cl)c1C(=O)OCC(=O)N[C@@H]1CCCC[C@H]1C. The molecular weight excluding hydrogens is 366 g/mol. The predicted octanol–water partition coefficient (Wildman–Crippen LogP) is 3.69. The third-order valence-electron chi connectivity index (χ3n) is 5.00. The Morgan fingerprint density at radius 2 is 1.96 bits per heavy atom. The zero-order chi connectivity index (χ0) is 19.4. The second-order valence-corrected chi connectivity index (χ2v) is 7.37. The van der Waals surface area contributed by atoms with E-state index in [2.05, 4.69) is 17.3 Å². The van der Waals surface area contributed by atoms with Gasteiger partial charge in [0.2, 0.25) is 0 Å². The van der Waals surface area contributed by atoms with Gasteiger partial charge in [-0.1, -0.05) is 49.6 Å². The van der Waals surface area contributed by atoms with E-state index in [0.29, 0.717) is 11.6 Å². The van der Waals surface area contributed by atoms with Gasteiger partial charge >= 0.3 is 5.97 Å². The number of rotatable bonds is 5. The number of nitrogens with one attached hydrogen (secondary N) is 1. The summed E-state index contributed by atoms with van der Waals surface area (Å²) in [6.45, 7) is 3.50. The molecule has 0 bridgehead atoms. The number of halogens is 1. The summed E-state index contributed by atoms with van der Waals surface area (Å²) in [5, 5.41) is 7.45. The smallest absolute Gasteiger partial charge is 0.343 e. The van der Waals surface area contributed by atoms with E-state index in [1.807, 2.05) is 30.3 Å². The van der Waals surface area contributed by atoms with Crippen LogP contribution in [0.15, 0.2) is 30.3 Å². The molecule has 1 saturated carbocycles. The van der Waals surface area contributed by atoms with Crippen molar-refractivity contribution in [2.45, 2.75) is 45.6 Å². The highest BCUT2D eigenvalue weighted by molar-refractivity contribution is 6.33. The predicted molar refractivity (Wildman–Crippen MR) is 103 cm³/mol. The Kier molecular flexibility index (Phi) is 6.16. The number of amides is 1. The Morgan fingerprint density at radius 3 is 2.67 bits per heavy atom. The van der Waals surface area contributed by atoms with Crippen molar-refractivity contribution in [1.82, 2.24) is 15.1 Å². The Hall–Kier alpha value is -2.34. The molecule has 7 heteroatoms. The molecule has 1 aromatic heterocycles. The van der Waals surface area contributed by atoms with E-state index in [1.165, 1.54) is 11.1 Å². The second-order valence-electron chi connectivity index (χ2n) is 7.01. The highest BCUT2D eigenvalue weighted by atomic mass is 35.5. The van der Waals surface area contributed by atoms with Crippen molar-refractivity contribution in [3.63, 3.8) is 0 Å². The van der Waals surface area contributed by atoms with E-state index in [1.54, 1.807) is 6.92 Å². The molecule has 1 amide bonds. The van der Waals surface area contributed by atoms with E-state index in [0.717, 1.165) is 24.9 Å². The minimum atomic E-state index is -0.647. The third-order valence-corrected chi connectivity index (χ3v) is 5.35. The molecule has 6 nitrogen and oxygen atoms in total. The molecule has 3 rings (SSSR count). The van der Waals surface area contributed by atoms with Crippen LogP contribution in [0.2, 0.25) is 5.15 Å². The lowest BCUT2D eigenvalue weighted by molar-refractivity contribution is -0.125. The molecule has 144 valence electrons. The maximum absolute atomic E-state index is 12.5. The lowest BCUT2D eigenvalue weighted by Gasteiger charge is -2.29. The lowest BCUT2D eigenvalue weighted by atomic mass is 9.86. The molecule has 1 aliphatic rings. The molecule has 0 radical (unpaired) electrons. The molecule has 1 heterocycles. The largest absolute Gasteiger partial charge is 0.452 e. The zero-order valence-corrected chi connectivity index (χ0v) is 16.3. The molecule has 1 aliphatic carbocycles. The van der Waals surface area contributed by atoms with Gasteiger partial charge in [-0.05, 0) is 37.8 Å². The van der Waals surface area contributed by atoms with Crippen molar-refractivity contribution in [2.24, 2.45) is 5.92 Å². The summed E-state index contributed by atoms with van der Waals surface area (Å²) in [6, 6.07) is 9.43. The number of benzene rings is 1. The highest BCUT2D eigenvalue weighted by Crippen LogP contribution is 2.25. The summed E-state index contributed by atoms with van der Waals surface area (Å²) in [5.74, 6) is -0.489. The molecule has 1 N–H and O–H groups in total. The van der Waals surface area contributed by atoms with Gasteiger partial charge in [0.05, 0.1) is 11.4 Å². The number of hydrogen-bond donors (Lipinski definition) is 1. The van der Waals surface area contributed by atoms with Crippen LogP contribution in [-0.2, 0) is 9.53 Å². The molecular formula is C20H24ClN3O3. The number of aromatic nitrogens is 2. The fourth-order valence-corrected chi connectivity index (χ4v) is 3.80. The fraction of sp³-hybridized carbons (Fsp3) is 0.450. The maximum atomic E-state index is 12.5. The Labute approximate surface area is 163 Å². The summed E-state index contributed by atoms with van der Waals surface area (Å²) in [4.78, 5) is 24.6. The monoisotopic (exact) mass is 389 g/mol. The summed E-state index contributed by atoms with van der Waals surface area (Å²) >= 11 is 6.35. The van der Waals surface area contributed by atoms with Crippen LogP contribution in [0.3, 0.4) is 0 Å². The van der Waals surface area contributed by atoms with Crippen LogP contribution in [0.4, 0.5) is 0 Å². The van der Waals surface area contributed by atoms with Crippen molar-refractivity contribution >= 4 is 23.5 Å². The first-order valence-electron chi connectivity index (χ1n) is 9.24. The van der Waals surface area contributed by atoms with Crippen LogP contribution in [0.25, 0.3) is 5.69 Å². The quantitative estimate of drug-likeness (QED) is 0.791. The molecule has 0 aliphatic heterocycles. The van der Waals surface area contributed by atoms with E-state index in [-0.39, 0.29) is 29.3 Å². The Bertz CT molecular complexity index is 819. The Morgan fingerprint density at radius 1 is 1.26 bits per heavy atom. The molecule has 0 spiro atoms. The molecule has 1 fully saturated rings. The summed E-state index contributed by atoms with van der Waals surface area (Å²) in [5.41, 5.74) is 1.38. The van der Waals surface area contributed by atoms with Gasteiger partial charge in [0.1, 0.15) is 10.7 Å². The van der Waals surface area contributed by atoms with Crippen LogP contribution in [0, 0.1) is 12.8 Å². The number of ether oxygens (including phenoxy) is 1. The first kappa shape index (κ1) is 19.4. The normalized spacial score (nSPS) is 19.5. The van der Waals surface area contributed by atoms with Gasteiger partial charge in [0.15, 0.2) is 6.61 Å². The number of para-hydroxylation sites is 1. The topological polar surface area (TPSA) is 73.2 Å². The van der Waals surface area contributed by atoms with Crippen molar-refractivity contribution < 1.29 is 14.3 Å². The summed E-state index contributed by atoms with van der Waals surface area (Å²) < 4.78 is 6.67. The van der Waals surface area contributed by atoms with Gasteiger partial charge in [-0.15, -0.1) is 0 Å². The fourth-order valence-electron chi connectivity index (χ4n) is 3.45. The number of aryl methyl sites for hydroxylation is 1. The third kappa shape index (κ3) is 4.50. The summed E-state index contributed by atoms with van der Waals surface area (Å²) in [6.07, 6.45) is 4.39. The zero-order valence-electron chi connectivity index (χ0n) is 15.6. The van der Waals surface area contributed by atoms with Gasteiger partial charge < -0.3 is 10.1 Å². The molecule has 0 unspecified atom stereocenters. The van der Waals surface area contributed by atoms with E-state index < -0.39 is 5.97 Å². The van der Waals surface area contributed by atoms with Crippen molar-refractivity contribution in [1.29, 1.82) is 0 Å².